The summed E-state index contributed by atoms with van der Waals surface area (Å²) in [5, 5.41) is 6.69. The molecule has 0 atom stereocenters. The summed E-state index contributed by atoms with van der Waals surface area (Å²) in [7, 11) is -3.31. The summed E-state index contributed by atoms with van der Waals surface area (Å²) in [5.41, 5.74) is 2.70. The van der Waals surface area contributed by atoms with Crippen molar-refractivity contribution in [1.29, 1.82) is 0 Å². The number of aromatic nitrogens is 2. The summed E-state index contributed by atoms with van der Waals surface area (Å²) in [5.74, 6) is 0.504. The number of rotatable bonds is 7. The van der Waals surface area contributed by atoms with Gasteiger partial charge in [-0.25, -0.2) is 13.1 Å². The predicted molar refractivity (Wildman–Crippen MR) is 87.9 cm³/mol. The van der Waals surface area contributed by atoms with Gasteiger partial charge in [-0.1, -0.05) is 5.16 Å². The smallest absolute Gasteiger partial charge is 0.251 e. The summed E-state index contributed by atoms with van der Waals surface area (Å²) in [6.45, 7) is 4.18. The normalized spacial score (nSPS) is 11.5. The fourth-order valence-electron chi connectivity index (χ4n) is 2.18. The van der Waals surface area contributed by atoms with Gasteiger partial charge in [0.15, 0.2) is 0 Å². The first-order valence-electron chi connectivity index (χ1n) is 7.36. The second kappa shape index (κ2) is 7.54. The molecular formula is C15H20N4O4S. The molecule has 2 heterocycles. The molecule has 0 unspecified atom stereocenters. The average molecular weight is 352 g/mol. The number of carbonyl (C=O) groups is 1. The number of aryl methyl sites for hydroxylation is 2. The molecule has 2 aromatic heterocycles. The molecule has 0 bridgehead atoms. The fraction of sp³-hybridized carbons (Fsp3) is 0.400. The average Bonchev–Trinajstić information content (AvgIpc) is 2.84. The van der Waals surface area contributed by atoms with Crippen LogP contribution in [0.5, 0.6) is 0 Å². The van der Waals surface area contributed by atoms with E-state index in [1.54, 1.807) is 12.1 Å². The van der Waals surface area contributed by atoms with Crippen molar-refractivity contribution in [2.45, 2.75) is 26.8 Å². The van der Waals surface area contributed by atoms with E-state index in [0.29, 0.717) is 24.2 Å². The number of nitrogens with zero attached hydrogens (tertiary/aromatic N) is 2. The summed E-state index contributed by atoms with van der Waals surface area (Å²) < 4.78 is 29.6. The van der Waals surface area contributed by atoms with E-state index in [9.17, 15) is 13.2 Å². The zero-order valence-corrected chi connectivity index (χ0v) is 14.6. The Bertz CT molecular complexity index is 810. The molecule has 2 aromatic rings. The van der Waals surface area contributed by atoms with E-state index >= 15 is 0 Å². The van der Waals surface area contributed by atoms with Crippen molar-refractivity contribution < 1.29 is 17.7 Å². The number of pyridine rings is 1. The maximum Gasteiger partial charge on any atom is 0.251 e. The first-order chi connectivity index (χ1) is 11.3. The van der Waals surface area contributed by atoms with Gasteiger partial charge < -0.3 is 9.84 Å². The Balaban J connectivity index is 1.92. The molecule has 0 aliphatic carbocycles. The lowest BCUT2D eigenvalue weighted by Crippen LogP contribution is -2.26. The highest BCUT2D eigenvalue weighted by Crippen LogP contribution is 2.12. The highest BCUT2D eigenvalue weighted by molar-refractivity contribution is 7.88. The Morgan fingerprint density at radius 1 is 1.33 bits per heavy atom. The standard InChI is InChI=1S/C15H20N4O4S/c1-10-14(11(2)23-19-10)5-7-17-15(20)12-4-6-16-13(8-12)9-18-24(3,21)22/h4,6,8,18H,5,7,9H2,1-3H3,(H,17,20). The monoisotopic (exact) mass is 352 g/mol. The number of amides is 1. The molecule has 0 fully saturated rings. The van der Waals surface area contributed by atoms with Crippen molar-refractivity contribution in [3.63, 3.8) is 0 Å². The van der Waals surface area contributed by atoms with Crippen molar-refractivity contribution in [3.8, 4) is 0 Å². The summed E-state index contributed by atoms with van der Waals surface area (Å²) in [6, 6.07) is 3.14. The van der Waals surface area contributed by atoms with Gasteiger partial charge in [-0.2, -0.15) is 0 Å². The van der Waals surface area contributed by atoms with Crippen LogP contribution >= 0.6 is 0 Å². The largest absolute Gasteiger partial charge is 0.361 e. The molecule has 0 aliphatic rings. The lowest BCUT2D eigenvalue weighted by Gasteiger charge is -2.07. The molecule has 0 saturated carbocycles. The van der Waals surface area contributed by atoms with Gasteiger partial charge in [0.2, 0.25) is 10.0 Å². The second-order valence-electron chi connectivity index (χ2n) is 5.44. The molecule has 0 spiro atoms. The Morgan fingerprint density at radius 3 is 2.71 bits per heavy atom. The summed E-state index contributed by atoms with van der Waals surface area (Å²) >= 11 is 0. The fourth-order valence-corrected chi connectivity index (χ4v) is 2.59. The molecule has 2 rings (SSSR count). The first-order valence-corrected chi connectivity index (χ1v) is 9.25. The molecule has 0 aromatic carbocycles. The van der Waals surface area contributed by atoms with E-state index in [0.717, 1.165) is 23.3 Å². The van der Waals surface area contributed by atoms with Gasteiger partial charge in [0.1, 0.15) is 5.76 Å². The van der Waals surface area contributed by atoms with Crippen LogP contribution in [0.1, 0.15) is 33.1 Å². The molecule has 2 N–H and O–H groups in total. The third-order valence-corrected chi connectivity index (χ3v) is 4.10. The lowest BCUT2D eigenvalue weighted by molar-refractivity contribution is 0.0954. The molecule has 0 aliphatic heterocycles. The quantitative estimate of drug-likeness (QED) is 0.758. The van der Waals surface area contributed by atoms with E-state index in [1.165, 1.54) is 6.20 Å². The third kappa shape index (κ3) is 5.14. The molecule has 0 radical (unpaired) electrons. The Labute approximate surface area is 140 Å². The van der Waals surface area contributed by atoms with Crippen LogP contribution in [0.3, 0.4) is 0 Å². The van der Waals surface area contributed by atoms with Gasteiger partial charge in [-0.15, -0.1) is 0 Å². The zero-order valence-electron chi connectivity index (χ0n) is 13.8. The van der Waals surface area contributed by atoms with Gasteiger partial charge in [-0.05, 0) is 32.4 Å². The van der Waals surface area contributed by atoms with Crippen molar-refractivity contribution in [3.05, 3.63) is 46.6 Å². The van der Waals surface area contributed by atoms with E-state index < -0.39 is 10.0 Å². The summed E-state index contributed by atoms with van der Waals surface area (Å²) in [4.78, 5) is 16.2. The molecule has 130 valence electrons. The predicted octanol–water partition coefficient (Wildman–Crippen LogP) is 0.708. The van der Waals surface area contributed by atoms with E-state index in [4.69, 9.17) is 4.52 Å². The highest BCUT2D eigenvalue weighted by atomic mass is 32.2. The number of nitrogens with one attached hydrogen (secondary N) is 2. The van der Waals surface area contributed by atoms with Gasteiger partial charge in [0.25, 0.3) is 5.91 Å². The van der Waals surface area contributed by atoms with Gasteiger partial charge in [-0.3, -0.25) is 9.78 Å². The maximum atomic E-state index is 12.2. The van der Waals surface area contributed by atoms with Crippen LogP contribution in [-0.2, 0) is 23.0 Å². The number of sulfonamides is 1. The van der Waals surface area contributed by atoms with Crippen LogP contribution < -0.4 is 10.0 Å². The van der Waals surface area contributed by atoms with Crippen LogP contribution in [0.25, 0.3) is 0 Å². The van der Waals surface area contributed by atoms with E-state index in [-0.39, 0.29) is 12.5 Å². The molecule has 1 amide bonds. The molecule has 24 heavy (non-hydrogen) atoms. The van der Waals surface area contributed by atoms with Crippen LogP contribution in [0.15, 0.2) is 22.9 Å². The third-order valence-electron chi connectivity index (χ3n) is 3.44. The van der Waals surface area contributed by atoms with Gasteiger partial charge >= 0.3 is 0 Å². The molecule has 0 saturated heterocycles. The number of carbonyl (C=O) groups excluding carboxylic acids is 1. The highest BCUT2D eigenvalue weighted by Gasteiger charge is 2.11. The zero-order chi connectivity index (χ0) is 17.7. The van der Waals surface area contributed by atoms with Crippen molar-refractivity contribution in [2.24, 2.45) is 0 Å². The first kappa shape index (κ1) is 18.1. The van der Waals surface area contributed by atoms with E-state index in [1.807, 2.05) is 13.8 Å². The van der Waals surface area contributed by atoms with Crippen molar-refractivity contribution in [2.75, 3.05) is 12.8 Å². The van der Waals surface area contributed by atoms with Gasteiger partial charge in [0.05, 0.1) is 24.2 Å². The molecule has 9 heteroatoms. The van der Waals surface area contributed by atoms with Gasteiger partial charge in [0, 0.05) is 23.9 Å². The van der Waals surface area contributed by atoms with Crippen LogP contribution in [0.2, 0.25) is 0 Å². The lowest BCUT2D eigenvalue weighted by atomic mass is 10.1. The number of hydrogen-bond donors (Lipinski definition) is 2. The Hall–Kier alpha value is -2.26. The van der Waals surface area contributed by atoms with Crippen LogP contribution in [-0.4, -0.2) is 37.3 Å². The van der Waals surface area contributed by atoms with Crippen LogP contribution in [0.4, 0.5) is 0 Å². The minimum atomic E-state index is -3.31. The topological polar surface area (TPSA) is 114 Å². The van der Waals surface area contributed by atoms with Crippen LogP contribution in [0, 0.1) is 13.8 Å². The SMILES string of the molecule is Cc1noc(C)c1CCNC(=O)c1ccnc(CNS(C)(=O)=O)c1. The summed E-state index contributed by atoms with van der Waals surface area (Å²) in [6.07, 6.45) is 3.17. The van der Waals surface area contributed by atoms with E-state index in [2.05, 4.69) is 20.2 Å². The Kier molecular flexibility index (Phi) is 5.68. The minimum Gasteiger partial charge on any atom is -0.361 e. The molecular weight excluding hydrogens is 332 g/mol. The van der Waals surface area contributed by atoms with Crippen molar-refractivity contribution >= 4 is 15.9 Å². The molecule has 8 nitrogen and oxygen atoms in total. The second-order valence-corrected chi connectivity index (χ2v) is 7.27. The Morgan fingerprint density at radius 2 is 2.08 bits per heavy atom. The number of hydrogen-bond acceptors (Lipinski definition) is 6. The van der Waals surface area contributed by atoms with Crippen molar-refractivity contribution in [1.82, 2.24) is 20.2 Å². The minimum absolute atomic E-state index is 0.0407. The maximum absolute atomic E-state index is 12.2.